The summed E-state index contributed by atoms with van der Waals surface area (Å²) in [5.74, 6) is -0.156. The number of amides is 1. The normalized spacial score (nSPS) is 24.3. The number of carbonyl (C=O) groups excluding carboxylic acids is 1. The van der Waals surface area contributed by atoms with E-state index in [4.69, 9.17) is 9.47 Å². The Labute approximate surface area is 165 Å². The molecule has 1 saturated heterocycles. The standard InChI is InChI=1S/C19H23F3N2O5/c1-18(2,3)29-17(25)23-9-11-6-14(7-12(11)10-23)28-16-5-4-13(24(26)27)8-15(16)19(20,21)22/h4-5,8,11-12,14H,6-7,9-10H2,1-3H3. The summed E-state index contributed by atoms with van der Waals surface area (Å²) < 4.78 is 50.9. The molecule has 1 aromatic rings. The van der Waals surface area contributed by atoms with E-state index in [1.54, 1.807) is 25.7 Å². The fourth-order valence-corrected chi connectivity index (χ4v) is 3.95. The van der Waals surface area contributed by atoms with Gasteiger partial charge in [0.15, 0.2) is 0 Å². The van der Waals surface area contributed by atoms with Crippen molar-refractivity contribution in [3.8, 4) is 5.75 Å². The number of nitro benzene ring substituents is 1. The first kappa shape index (κ1) is 21.2. The molecule has 29 heavy (non-hydrogen) atoms. The Morgan fingerprint density at radius 1 is 1.17 bits per heavy atom. The lowest BCUT2D eigenvalue weighted by Crippen LogP contribution is -2.36. The van der Waals surface area contributed by atoms with Crippen molar-refractivity contribution < 1.29 is 32.4 Å². The Morgan fingerprint density at radius 2 is 1.76 bits per heavy atom. The molecule has 160 valence electrons. The van der Waals surface area contributed by atoms with Gasteiger partial charge in [-0.15, -0.1) is 0 Å². The van der Waals surface area contributed by atoms with Crippen LogP contribution in [-0.2, 0) is 10.9 Å². The lowest BCUT2D eigenvalue weighted by Gasteiger charge is -2.25. The van der Waals surface area contributed by atoms with Crippen molar-refractivity contribution in [2.24, 2.45) is 11.8 Å². The number of rotatable bonds is 3. The van der Waals surface area contributed by atoms with Crippen LogP contribution in [0.2, 0.25) is 0 Å². The maximum absolute atomic E-state index is 13.3. The quantitative estimate of drug-likeness (QED) is 0.530. The van der Waals surface area contributed by atoms with Crippen LogP contribution in [0.1, 0.15) is 39.2 Å². The Kier molecular flexibility index (Phi) is 5.40. The van der Waals surface area contributed by atoms with Crippen LogP contribution >= 0.6 is 0 Å². The molecule has 0 N–H and O–H groups in total. The number of non-ortho nitro benzene ring substituents is 1. The van der Waals surface area contributed by atoms with Crippen molar-refractivity contribution in [1.29, 1.82) is 0 Å². The second-order valence-corrected chi connectivity index (χ2v) is 8.55. The molecule has 1 amide bonds. The molecule has 2 fully saturated rings. The first-order chi connectivity index (χ1) is 13.3. The fourth-order valence-electron chi connectivity index (χ4n) is 3.95. The summed E-state index contributed by atoms with van der Waals surface area (Å²) >= 11 is 0. The molecule has 1 aromatic carbocycles. The third kappa shape index (κ3) is 4.91. The number of hydrogen-bond donors (Lipinski definition) is 0. The number of alkyl halides is 3. The smallest absolute Gasteiger partial charge is 0.420 e. The summed E-state index contributed by atoms with van der Waals surface area (Å²) in [6.07, 6.45) is -4.56. The molecule has 2 unspecified atom stereocenters. The second kappa shape index (κ2) is 7.38. The first-order valence-corrected chi connectivity index (χ1v) is 9.33. The number of nitrogens with zero attached hydrogens (tertiary/aromatic N) is 2. The van der Waals surface area contributed by atoms with Crippen LogP contribution in [0.3, 0.4) is 0 Å². The minimum Gasteiger partial charge on any atom is -0.490 e. The number of fused-ring (bicyclic) bond motifs is 1. The second-order valence-electron chi connectivity index (χ2n) is 8.55. The predicted octanol–water partition coefficient (Wildman–Crippen LogP) is 4.64. The van der Waals surface area contributed by atoms with E-state index < -0.39 is 39.8 Å². The topological polar surface area (TPSA) is 81.9 Å². The van der Waals surface area contributed by atoms with Crippen LogP contribution in [0, 0.1) is 22.0 Å². The Morgan fingerprint density at radius 3 is 2.24 bits per heavy atom. The van der Waals surface area contributed by atoms with Gasteiger partial charge < -0.3 is 14.4 Å². The molecule has 1 saturated carbocycles. The minimum atomic E-state index is -4.76. The Hall–Kier alpha value is -2.52. The third-order valence-electron chi connectivity index (χ3n) is 5.13. The molecule has 10 heteroatoms. The van der Waals surface area contributed by atoms with E-state index in [0.29, 0.717) is 32.0 Å². The zero-order valence-corrected chi connectivity index (χ0v) is 16.4. The summed E-state index contributed by atoms with van der Waals surface area (Å²) in [6.45, 7) is 6.31. The average molecular weight is 416 g/mol. The van der Waals surface area contributed by atoms with Crippen molar-refractivity contribution in [1.82, 2.24) is 4.90 Å². The molecule has 1 aliphatic heterocycles. The van der Waals surface area contributed by atoms with Crippen LogP contribution < -0.4 is 4.74 Å². The lowest BCUT2D eigenvalue weighted by molar-refractivity contribution is -0.385. The van der Waals surface area contributed by atoms with Crippen molar-refractivity contribution in [2.45, 2.75) is 51.5 Å². The van der Waals surface area contributed by atoms with Gasteiger partial charge in [-0.2, -0.15) is 13.2 Å². The molecule has 2 aliphatic rings. The number of likely N-dealkylation sites (tertiary alicyclic amines) is 1. The monoisotopic (exact) mass is 416 g/mol. The highest BCUT2D eigenvalue weighted by atomic mass is 19.4. The number of halogens is 3. The number of hydrogen-bond acceptors (Lipinski definition) is 5. The molecule has 1 aliphatic carbocycles. The van der Waals surface area contributed by atoms with E-state index in [9.17, 15) is 28.1 Å². The van der Waals surface area contributed by atoms with Gasteiger partial charge in [-0.25, -0.2) is 4.79 Å². The zero-order valence-electron chi connectivity index (χ0n) is 16.4. The third-order valence-corrected chi connectivity index (χ3v) is 5.13. The number of nitro groups is 1. The molecule has 7 nitrogen and oxygen atoms in total. The summed E-state index contributed by atoms with van der Waals surface area (Å²) in [5.41, 5.74) is -2.38. The van der Waals surface area contributed by atoms with Crippen molar-refractivity contribution in [3.05, 3.63) is 33.9 Å². The van der Waals surface area contributed by atoms with Gasteiger partial charge >= 0.3 is 12.3 Å². The van der Waals surface area contributed by atoms with Gasteiger partial charge in [0.05, 0.1) is 11.0 Å². The Bertz CT molecular complexity index is 792. The van der Waals surface area contributed by atoms with E-state index in [1.807, 2.05) is 0 Å². The molecular formula is C19H23F3N2O5. The molecular weight excluding hydrogens is 393 g/mol. The number of benzene rings is 1. The summed E-state index contributed by atoms with van der Waals surface area (Å²) in [4.78, 5) is 23.8. The van der Waals surface area contributed by atoms with Gasteiger partial charge in [0, 0.05) is 25.2 Å². The highest BCUT2D eigenvalue weighted by Gasteiger charge is 2.45. The number of ether oxygens (including phenoxy) is 2. The van der Waals surface area contributed by atoms with Crippen molar-refractivity contribution in [2.75, 3.05) is 13.1 Å². The molecule has 0 aromatic heterocycles. The number of carbonyl (C=O) groups is 1. The van der Waals surface area contributed by atoms with Gasteiger partial charge in [0.1, 0.15) is 16.9 Å². The highest BCUT2D eigenvalue weighted by Crippen LogP contribution is 2.43. The summed E-state index contributed by atoms with van der Waals surface area (Å²) in [7, 11) is 0. The van der Waals surface area contributed by atoms with Gasteiger partial charge in [-0.05, 0) is 51.5 Å². The van der Waals surface area contributed by atoms with E-state index in [2.05, 4.69) is 0 Å². The van der Waals surface area contributed by atoms with E-state index in [0.717, 1.165) is 12.1 Å². The van der Waals surface area contributed by atoms with E-state index in [1.165, 1.54) is 0 Å². The van der Waals surface area contributed by atoms with Gasteiger partial charge in [0.2, 0.25) is 0 Å². The first-order valence-electron chi connectivity index (χ1n) is 9.33. The fraction of sp³-hybridized carbons (Fsp3) is 0.632. The molecule has 1 heterocycles. The maximum atomic E-state index is 13.3. The SMILES string of the molecule is CC(C)(C)OC(=O)N1CC2CC(Oc3ccc([N+](=O)[O-])cc3C(F)(F)F)CC2C1. The van der Waals surface area contributed by atoms with Crippen LogP contribution in [-0.4, -0.2) is 40.7 Å². The maximum Gasteiger partial charge on any atom is 0.420 e. The minimum absolute atomic E-state index is 0.125. The van der Waals surface area contributed by atoms with Crippen LogP contribution in [0.25, 0.3) is 0 Å². The van der Waals surface area contributed by atoms with Crippen molar-refractivity contribution >= 4 is 11.8 Å². The van der Waals surface area contributed by atoms with Crippen LogP contribution in [0.5, 0.6) is 5.75 Å². The van der Waals surface area contributed by atoms with Crippen molar-refractivity contribution in [3.63, 3.8) is 0 Å². The predicted molar refractivity (Wildman–Crippen MR) is 96.5 cm³/mol. The molecule has 3 rings (SSSR count). The van der Waals surface area contributed by atoms with E-state index >= 15 is 0 Å². The lowest BCUT2D eigenvalue weighted by atomic mass is 10.0. The van der Waals surface area contributed by atoms with Gasteiger partial charge in [0.25, 0.3) is 5.69 Å². The molecule has 0 radical (unpaired) electrons. The van der Waals surface area contributed by atoms with E-state index in [-0.39, 0.29) is 17.9 Å². The Balaban J connectivity index is 1.65. The average Bonchev–Trinajstić information content (AvgIpc) is 3.10. The zero-order chi connectivity index (χ0) is 21.6. The van der Waals surface area contributed by atoms with Gasteiger partial charge in [-0.3, -0.25) is 10.1 Å². The van der Waals surface area contributed by atoms with Crippen LogP contribution in [0.4, 0.5) is 23.7 Å². The molecule has 0 spiro atoms. The van der Waals surface area contributed by atoms with Crippen LogP contribution in [0.15, 0.2) is 18.2 Å². The largest absolute Gasteiger partial charge is 0.490 e. The molecule has 2 atom stereocenters. The summed E-state index contributed by atoms with van der Waals surface area (Å²) in [5, 5.41) is 10.8. The van der Waals surface area contributed by atoms with Gasteiger partial charge in [-0.1, -0.05) is 0 Å². The molecule has 0 bridgehead atoms. The highest BCUT2D eigenvalue weighted by molar-refractivity contribution is 5.68. The summed E-state index contributed by atoms with van der Waals surface area (Å²) in [6, 6.07) is 2.50.